The molecule has 1 aromatic heterocycles. The summed E-state index contributed by atoms with van der Waals surface area (Å²) < 4.78 is 0.852. The number of amides is 2. The smallest absolute Gasteiger partial charge is 0.318 e. The average molecular weight is 500 g/mol. The molecule has 0 aliphatic carbocycles. The van der Waals surface area contributed by atoms with Gasteiger partial charge in [-0.3, -0.25) is 10.1 Å². The Bertz CT molecular complexity index is 1230. The highest BCUT2D eigenvalue weighted by Crippen LogP contribution is 2.45. The minimum absolute atomic E-state index is 0.319. The summed E-state index contributed by atoms with van der Waals surface area (Å²) in [6.45, 7) is 6.44. The molecule has 0 bridgehead atoms. The van der Waals surface area contributed by atoms with Gasteiger partial charge in [-0.05, 0) is 51.9 Å². The molecule has 3 atom stereocenters. The number of nitrogens with zero attached hydrogens (tertiary/aromatic N) is 4. The van der Waals surface area contributed by atoms with Gasteiger partial charge in [0.15, 0.2) is 0 Å². The van der Waals surface area contributed by atoms with E-state index in [4.69, 9.17) is 4.99 Å². The number of nitrogens with one attached hydrogen (secondary N) is 3. The van der Waals surface area contributed by atoms with Gasteiger partial charge in [0, 0.05) is 36.8 Å². The largest absolute Gasteiger partial charge is 0.481 e. The Kier molecular flexibility index (Phi) is 6.77. The van der Waals surface area contributed by atoms with Crippen LogP contribution in [0, 0.1) is 11.3 Å². The van der Waals surface area contributed by atoms with E-state index in [2.05, 4.69) is 26.1 Å². The van der Waals surface area contributed by atoms with E-state index >= 15 is 0 Å². The van der Waals surface area contributed by atoms with Crippen molar-refractivity contribution in [2.45, 2.75) is 33.0 Å². The van der Waals surface area contributed by atoms with Crippen molar-refractivity contribution in [2.24, 2.45) is 21.5 Å². The summed E-state index contributed by atoms with van der Waals surface area (Å²) in [4.78, 5) is 36.4. The number of hydrogen-bond acceptors (Lipinski definition) is 9. The van der Waals surface area contributed by atoms with Gasteiger partial charge < -0.3 is 25.8 Å². The van der Waals surface area contributed by atoms with Crippen LogP contribution >= 0.6 is 11.3 Å². The zero-order chi connectivity index (χ0) is 25.2. The maximum Gasteiger partial charge on any atom is 0.318 e. The number of piperidine rings is 1. The van der Waals surface area contributed by atoms with Gasteiger partial charge in [0.05, 0.1) is 32.8 Å². The number of hydrogen-bond donors (Lipinski definition) is 5. The lowest BCUT2D eigenvalue weighted by atomic mass is 9.68. The van der Waals surface area contributed by atoms with Crippen LogP contribution < -0.4 is 20.9 Å². The second-order valence-corrected chi connectivity index (χ2v) is 9.66. The molecular weight excluding hydrogens is 470 g/mol. The molecule has 1 saturated heterocycles. The molecule has 4 rings (SSSR count). The summed E-state index contributed by atoms with van der Waals surface area (Å²) in [5.74, 6) is -3.06. The van der Waals surface area contributed by atoms with Gasteiger partial charge in [-0.25, -0.2) is 14.8 Å². The van der Waals surface area contributed by atoms with Crippen molar-refractivity contribution in [1.82, 2.24) is 20.9 Å². The van der Waals surface area contributed by atoms with Crippen molar-refractivity contribution in [3.05, 3.63) is 35.5 Å². The lowest BCUT2D eigenvalue weighted by Gasteiger charge is -2.52. The number of carboxylic acids is 1. The second kappa shape index (κ2) is 9.62. The molecule has 0 spiro atoms. The van der Waals surface area contributed by atoms with Gasteiger partial charge in [0.1, 0.15) is 0 Å². The topological polar surface area (TPSA) is 152 Å². The first-order valence-corrected chi connectivity index (χ1v) is 12.2. The van der Waals surface area contributed by atoms with Gasteiger partial charge in [0.25, 0.3) is 0 Å². The molecule has 2 aromatic rings. The Hall–Kier alpha value is -3.51. The molecule has 186 valence electrons. The van der Waals surface area contributed by atoms with Crippen LogP contribution in [0.4, 0.5) is 10.5 Å². The lowest BCUT2D eigenvalue weighted by molar-refractivity contribution is -0.155. The van der Waals surface area contributed by atoms with Gasteiger partial charge in [-0.1, -0.05) is 5.16 Å². The summed E-state index contributed by atoms with van der Waals surface area (Å²) in [6.07, 6.45) is 5.43. The third-order valence-electron chi connectivity index (χ3n) is 6.74. The summed E-state index contributed by atoms with van der Waals surface area (Å²) in [6, 6.07) is 3.23. The lowest BCUT2D eigenvalue weighted by Crippen LogP contribution is -2.71. The van der Waals surface area contributed by atoms with Crippen molar-refractivity contribution in [2.75, 3.05) is 24.5 Å². The maximum absolute atomic E-state index is 12.9. The molecule has 1 fully saturated rings. The third kappa shape index (κ3) is 4.23. The van der Waals surface area contributed by atoms with E-state index in [1.54, 1.807) is 49.7 Å². The average Bonchev–Trinajstić information content (AvgIpc) is 3.32. The number of allylic oxidation sites excluding steroid dienone is 1. The summed E-state index contributed by atoms with van der Waals surface area (Å²) in [7, 11) is 0. The number of carbonyl (C=O) groups is 2. The number of oxime groups is 1. The molecule has 2 aliphatic heterocycles. The van der Waals surface area contributed by atoms with Crippen LogP contribution in [0.15, 0.2) is 40.1 Å². The number of urea groups is 1. The van der Waals surface area contributed by atoms with Crippen LogP contribution in [0.3, 0.4) is 0 Å². The molecule has 3 unspecified atom stereocenters. The number of carboxylic acid groups (broad SMARTS) is 1. The molecule has 12 heteroatoms. The molecule has 0 radical (unpaired) electrons. The molecule has 5 N–H and O–H groups in total. The fourth-order valence-electron chi connectivity index (χ4n) is 4.80. The fourth-order valence-corrected chi connectivity index (χ4v) is 5.64. The van der Waals surface area contributed by atoms with Crippen LogP contribution in [0.2, 0.25) is 0 Å². The number of anilines is 1. The van der Waals surface area contributed by atoms with E-state index in [1.165, 1.54) is 11.3 Å². The zero-order valence-corrected chi connectivity index (χ0v) is 20.6. The van der Waals surface area contributed by atoms with E-state index in [0.717, 1.165) is 4.70 Å². The summed E-state index contributed by atoms with van der Waals surface area (Å²) in [5, 5.41) is 32.2. The third-order valence-corrected chi connectivity index (χ3v) is 7.62. The molecular formula is C23H29N7O4S. The van der Waals surface area contributed by atoms with Crippen molar-refractivity contribution >= 4 is 51.2 Å². The summed E-state index contributed by atoms with van der Waals surface area (Å²) >= 11 is 1.43. The van der Waals surface area contributed by atoms with E-state index in [9.17, 15) is 19.9 Å². The number of aromatic nitrogens is 1. The van der Waals surface area contributed by atoms with E-state index < -0.39 is 29.1 Å². The van der Waals surface area contributed by atoms with Crippen molar-refractivity contribution in [1.29, 1.82) is 0 Å². The van der Waals surface area contributed by atoms with Crippen molar-refractivity contribution in [3.63, 3.8) is 0 Å². The van der Waals surface area contributed by atoms with E-state index in [0.29, 0.717) is 48.5 Å². The Balaban J connectivity index is 1.94. The second-order valence-electron chi connectivity index (χ2n) is 8.81. The number of aliphatic imine (C=N–C) groups is 1. The fraction of sp³-hybridized carbons (Fsp3) is 0.435. The van der Waals surface area contributed by atoms with E-state index in [1.807, 2.05) is 12.1 Å². The number of rotatable bonds is 6. The van der Waals surface area contributed by atoms with Crippen molar-refractivity contribution in [3.8, 4) is 0 Å². The molecule has 2 amide bonds. The minimum Gasteiger partial charge on any atom is -0.481 e. The van der Waals surface area contributed by atoms with Gasteiger partial charge >= 0.3 is 12.0 Å². The Morgan fingerprint density at radius 3 is 2.91 bits per heavy atom. The highest BCUT2D eigenvalue weighted by atomic mass is 32.1. The number of aliphatic carboxylic acids is 1. The van der Waals surface area contributed by atoms with Gasteiger partial charge in [0.2, 0.25) is 5.79 Å². The SMILES string of the molecule is CCNC(=O)NC1(C2CNCCC2(C)C(=O)O)N=CC=CN1c1cc(/C(C)=N/O)c2scnc2c1. The van der Waals surface area contributed by atoms with Crippen LogP contribution in [-0.2, 0) is 4.79 Å². The first-order valence-electron chi connectivity index (χ1n) is 11.3. The maximum atomic E-state index is 12.9. The number of benzene rings is 1. The number of carbonyl (C=O) groups excluding carboxylic acids is 1. The monoisotopic (exact) mass is 499 g/mol. The Morgan fingerprint density at radius 2 is 2.20 bits per heavy atom. The Morgan fingerprint density at radius 1 is 1.40 bits per heavy atom. The number of thiazole rings is 1. The zero-order valence-electron chi connectivity index (χ0n) is 19.8. The van der Waals surface area contributed by atoms with Gasteiger partial charge in [-0.2, -0.15) is 0 Å². The van der Waals surface area contributed by atoms with Crippen LogP contribution in [0.25, 0.3) is 10.2 Å². The van der Waals surface area contributed by atoms with Crippen LogP contribution in [-0.4, -0.2) is 64.6 Å². The predicted octanol–water partition coefficient (Wildman–Crippen LogP) is 2.57. The molecule has 2 aliphatic rings. The standard InChI is InChI=1S/C23H29N7O4S/c1-4-25-21(33)28-23(18-12-24-8-6-22(18,3)20(31)32)27-7-5-9-30(23)15-10-16(14(2)29-34)19-17(11-15)26-13-35-19/h5,7,9-11,13,18,24,34H,4,6,8,12H2,1-3H3,(H,31,32)(H2,25,28,33)/b29-14+. The normalized spacial score (nSPS) is 26.7. The molecule has 3 heterocycles. The summed E-state index contributed by atoms with van der Waals surface area (Å²) in [5.41, 5.74) is 2.91. The first kappa shape index (κ1) is 24.6. The molecule has 11 nitrogen and oxygen atoms in total. The highest BCUT2D eigenvalue weighted by molar-refractivity contribution is 7.17. The first-order chi connectivity index (χ1) is 16.8. The van der Waals surface area contributed by atoms with Crippen LogP contribution in [0.5, 0.6) is 0 Å². The minimum atomic E-state index is -1.46. The van der Waals surface area contributed by atoms with E-state index in [-0.39, 0.29) is 0 Å². The van der Waals surface area contributed by atoms with Crippen molar-refractivity contribution < 1.29 is 19.9 Å². The van der Waals surface area contributed by atoms with Gasteiger partial charge in [-0.15, -0.1) is 11.3 Å². The molecule has 35 heavy (non-hydrogen) atoms. The molecule has 0 saturated carbocycles. The van der Waals surface area contributed by atoms with Crippen LogP contribution in [0.1, 0.15) is 32.8 Å². The predicted molar refractivity (Wildman–Crippen MR) is 135 cm³/mol. The highest BCUT2D eigenvalue weighted by Gasteiger charge is 2.57. The quantitative estimate of drug-likeness (QED) is 0.233. The molecule has 1 aromatic carbocycles. The Labute approximate surface area is 206 Å². The number of fused-ring (bicyclic) bond motifs is 1.